The Bertz CT molecular complexity index is 1490. The van der Waals surface area contributed by atoms with Crippen molar-refractivity contribution in [2.75, 3.05) is 38.0 Å². The molecule has 1 N–H and O–H groups in total. The Morgan fingerprint density at radius 1 is 1.08 bits per heavy atom. The van der Waals surface area contributed by atoms with Gasteiger partial charge < -0.3 is 10.2 Å². The lowest BCUT2D eigenvalue weighted by atomic mass is 9.90. The second-order valence-corrected chi connectivity index (χ2v) is 11.6. The standard InChI is InChI=1S/C30H38FN8/c1-5-37-11-13-38(14-12-37)19-21-8-9-25(32-17-21)34-29-33-18-23(31)28(36-29)22-15-20(2)27-24(16-22)39-26(35-27)7-6-10-30(39,3)4/h8-9,15-18,26H,5-7,10-14,19H2,1-4H3,(H,32,33,34,36)/q+1. The van der Waals surface area contributed by atoms with Gasteiger partial charge in [-0.05, 0) is 43.1 Å². The van der Waals surface area contributed by atoms with Crippen molar-refractivity contribution in [2.45, 2.75) is 65.2 Å². The lowest BCUT2D eigenvalue weighted by Gasteiger charge is -2.33. The van der Waals surface area contributed by atoms with Gasteiger partial charge in [-0.2, -0.15) is 0 Å². The van der Waals surface area contributed by atoms with E-state index in [1.165, 1.54) is 11.8 Å². The molecule has 0 radical (unpaired) electrons. The van der Waals surface area contributed by atoms with Crippen molar-refractivity contribution in [1.82, 2.24) is 29.3 Å². The monoisotopic (exact) mass is 529 g/mol. The molecule has 9 heteroatoms. The number of fused-ring (bicyclic) bond motifs is 2. The van der Waals surface area contributed by atoms with E-state index in [-0.39, 0.29) is 17.4 Å². The third-order valence-corrected chi connectivity index (χ3v) is 8.42. The van der Waals surface area contributed by atoms with Gasteiger partial charge in [0.25, 0.3) is 0 Å². The minimum absolute atomic E-state index is 0.00134. The number of halogens is 1. The zero-order chi connectivity index (χ0) is 27.1. The molecule has 0 saturated carbocycles. The number of nitrogens with zero attached hydrogens (tertiary/aromatic N) is 7. The number of rotatable bonds is 6. The fraction of sp³-hybridized carbons (Fsp3) is 0.500. The second-order valence-electron chi connectivity index (χ2n) is 11.6. The summed E-state index contributed by atoms with van der Waals surface area (Å²) >= 11 is 0. The van der Waals surface area contributed by atoms with E-state index in [1.807, 2.05) is 31.3 Å². The van der Waals surface area contributed by atoms with Crippen molar-refractivity contribution < 1.29 is 4.39 Å². The molecule has 3 aliphatic heterocycles. The molecule has 0 amide bonds. The summed E-state index contributed by atoms with van der Waals surface area (Å²) < 4.78 is 17.5. The molecule has 6 rings (SSSR count). The molecule has 2 aromatic heterocycles. The number of hydrogen-bond donors (Lipinski definition) is 1. The Hall–Kier alpha value is -3.30. The number of piperidine rings is 1. The van der Waals surface area contributed by atoms with E-state index >= 15 is 4.39 Å². The number of piperazine rings is 1. The van der Waals surface area contributed by atoms with Gasteiger partial charge in [0, 0.05) is 77.2 Å². The first kappa shape index (κ1) is 26.0. The summed E-state index contributed by atoms with van der Waals surface area (Å²) in [6.07, 6.45) is 6.60. The van der Waals surface area contributed by atoms with Gasteiger partial charge >= 0.3 is 0 Å². The molecule has 1 aromatic carbocycles. The van der Waals surface area contributed by atoms with E-state index < -0.39 is 5.82 Å². The number of likely N-dealkylation sites (N-methyl/N-ethyl adjacent to an activating group) is 1. The summed E-state index contributed by atoms with van der Waals surface area (Å²) in [6, 6.07) is 8.04. The maximum atomic E-state index is 15.1. The van der Waals surface area contributed by atoms with Crippen LogP contribution in [-0.2, 0) is 6.54 Å². The highest BCUT2D eigenvalue weighted by molar-refractivity contribution is 5.62. The summed E-state index contributed by atoms with van der Waals surface area (Å²) in [5.41, 5.74) is 3.22. The van der Waals surface area contributed by atoms with E-state index in [4.69, 9.17) is 4.99 Å². The Kier molecular flexibility index (Phi) is 6.89. The number of aryl methyl sites for hydroxylation is 1. The van der Waals surface area contributed by atoms with E-state index in [0.29, 0.717) is 11.8 Å². The van der Waals surface area contributed by atoms with Crippen LogP contribution in [0.3, 0.4) is 0 Å². The SMILES string of the molecule is CCN1CCN(Cc2ccc(Nc3ncc(F)c(-c4cc(C)c5c(c4)=[N+]4C(CCCC4(C)C)N=5)n3)nc2)CC1. The van der Waals surface area contributed by atoms with Crippen LogP contribution >= 0.6 is 0 Å². The zero-order valence-corrected chi connectivity index (χ0v) is 23.4. The van der Waals surface area contributed by atoms with Crippen molar-refractivity contribution in [2.24, 2.45) is 4.99 Å². The molecule has 1 unspecified atom stereocenters. The van der Waals surface area contributed by atoms with E-state index in [9.17, 15) is 0 Å². The summed E-state index contributed by atoms with van der Waals surface area (Å²) in [5, 5.41) is 5.25. The summed E-state index contributed by atoms with van der Waals surface area (Å²) in [5.74, 6) is 0.506. The normalized spacial score (nSPS) is 20.8. The first-order valence-electron chi connectivity index (χ1n) is 14.1. The predicted molar refractivity (Wildman–Crippen MR) is 151 cm³/mol. The number of pyridine rings is 1. The minimum atomic E-state index is -0.448. The lowest BCUT2D eigenvalue weighted by Crippen LogP contribution is -2.53. The van der Waals surface area contributed by atoms with Crippen LogP contribution in [-0.4, -0.2) is 69.2 Å². The third kappa shape index (κ3) is 5.17. The molecule has 0 spiro atoms. The highest BCUT2D eigenvalue weighted by atomic mass is 19.1. The Morgan fingerprint density at radius 3 is 2.62 bits per heavy atom. The zero-order valence-electron chi connectivity index (χ0n) is 23.4. The van der Waals surface area contributed by atoms with Crippen molar-refractivity contribution in [3.8, 4) is 11.3 Å². The molecular formula is C30H38FN8+. The van der Waals surface area contributed by atoms with Crippen LogP contribution < -0.4 is 20.6 Å². The average Bonchev–Trinajstić information content (AvgIpc) is 3.32. The van der Waals surface area contributed by atoms with Gasteiger partial charge in [-0.1, -0.05) is 13.0 Å². The highest BCUT2D eigenvalue weighted by Crippen LogP contribution is 2.28. The van der Waals surface area contributed by atoms with Gasteiger partial charge in [0.05, 0.1) is 6.20 Å². The lowest BCUT2D eigenvalue weighted by molar-refractivity contribution is 0.132. The highest BCUT2D eigenvalue weighted by Gasteiger charge is 2.43. The summed E-state index contributed by atoms with van der Waals surface area (Å²) in [6.45, 7) is 15.2. The topological polar surface area (TPSA) is 72.5 Å². The molecule has 1 atom stereocenters. The van der Waals surface area contributed by atoms with Crippen molar-refractivity contribution in [3.63, 3.8) is 0 Å². The van der Waals surface area contributed by atoms with Gasteiger partial charge in [0.1, 0.15) is 16.9 Å². The first-order valence-corrected chi connectivity index (χ1v) is 14.1. The molecule has 2 saturated heterocycles. The second kappa shape index (κ2) is 10.4. The predicted octanol–water partition coefficient (Wildman–Crippen LogP) is 3.28. The fourth-order valence-corrected chi connectivity index (χ4v) is 6.24. The molecule has 39 heavy (non-hydrogen) atoms. The Balaban J connectivity index is 1.23. The number of anilines is 2. The number of hydrogen-bond acceptors (Lipinski definition) is 7. The van der Waals surface area contributed by atoms with Gasteiger partial charge in [-0.3, -0.25) is 4.90 Å². The van der Waals surface area contributed by atoms with Gasteiger partial charge in [-0.15, -0.1) is 0 Å². The van der Waals surface area contributed by atoms with Crippen LogP contribution in [0.4, 0.5) is 16.2 Å². The molecular weight excluding hydrogens is 491 g/mol. The fourth-order valence-electron chi connectivity index (χ4n) is 6.24. The largest absolute Gasteiger partial charge is 0.309 e. The van der Waals surface area contributed by atoms with Crippen LogP contribution in [0.15, 0.2) is 41.7 Å². The summed E-state index contributed by atoms with van der Waals surface area (Å²) in [7, 11) is 0. The van der Waals surface area contributed by atoms with Crippen LogP contribution in [0.2, 0.25) is 0 Å². The van der Waals surface area contributed by atoms with E-state index in [0.717, 1.165) is 80.4 Å². The van der Waals surface area contributed by atoms with Crippen molar-refractivity contribution in [3.05, 3.63) is 64.3 Å². The number of aromatic nitrogens is 3. The molecule has 3 aromatic rings. The minimum Gasteiger partial charge on any atom is -0.309 e. The van der Waals surface area contributed by atoms with Crippen LogP contribution in [0.25, 0.3) is 11.3 Å². The quantitative estimate of drug-likeness (QED) is 0.494. The third-order valence-electron chi connectivity index (χ3n) is 8.42. The van der Waals surface area contributed by atoms with Gasteiger partial charge in [0.2, 0.25) is 17.5 Å². The molecule has 5 heterocycles. The molecule has 2 fully saturated rings. The van der Waals surface area contributed by atoms with Gasteiger partial charge in [0.15, 0.2) is 11.4 Å². The first-order chi connectivity index (χ1) is 18.8. The Morgan fingerprint density at radius 2 is 1.87 bits per heavy atom. The smallest absolute Gasteiger partial charge is 0.247 e. The van der Waals surface area contributed by atoms with Gasteiger partial charge in [-0.25, -0.2) is 28.9 Å². The van der Waals surface area contributed by atoms with E-state index in [2.05, 4.69) is 61.5 Å². The number of benzene rings is 1. The summed E-state index contributed by atoms with van der Waals surface area (Å²) in [4.78, 5) is 23.3. The van der Waals surface area contributed by atoms with Crippen LogP contribution in [0, 0.1) is 12.7 Å². The molecule has 0 aliphatic carbocycles. The molecule has 3 aliphatic rings. The maximum Gasteiger partial charge on any atom is 0.247 e. The molecule has 8 nitrogen and oxygen atoms in total. The van der Waals surface area contributed by atoms with Crippen LogP contribution in [0.1, 0.15) is 51.2 Å². The maximum absolute atomic E-state index is 15.1. The van der Waals surface area contributed by atoms with Crippen molar-refractivity contribution >= 4 is 11.8 Å². The average molecular weight is 530 g/mol. The van der Waals surface area contributed by atoms with Crippen molar-refractivity contribution in [1.29, 1.82) is 0 Å². The van der Waals surface area contributed by atoms with Crippen LogP contribution in [0.5, 0.6) is 0 Å². The molecule has 204 valence electrons. The Labute approximate surface area is 229 Å². The molecule has 0 bridgehead atoms. The number of nitrogens with one attached hydrogen (secondary N) is 1. The van der Waals surface area contributed by atoms with E-state index in [1.54, 1.807) is 0 Å².